The van der Waals surface area contributed by atoms with Crippen LogP contribution < -0.4 is 16.0 Å². The molecular weight excluding hydrogens is 500 g/mol. The molecule has 3 unspecified atom stereocenters. The SMILES string of the molecule is CCc1cccc(NC(=O)NC2CC(c3ccccc3)CC(c3ccccc3)N(CC(=O)NC(C)(C)C)C2=O)c1. The molecule has 0 bridgehead atoms. The lowest BCUT2D eigenvalue weighted by Gasteiger charge is -2.33. The molecule has 3 aromatic rings. The van der Waals surface area contributed by atoms with Crippen LogP contribution in [-0.4, -0.2) is 40.9 Å². The number of urea groups is 1. The van der Waals surface area contributed by atoms with Gasteiger partial charge in [0.1, 0.15) is 12.6 Å². The molecule has 0 aliphatic carbocycles. The summed E-state index contributed by atoms with van der Waals surface area (Å²) in [5.74, 6) is -0.520. The summed E-state index contributed by atoms with van der Waals surface area (Å²) in [5, 5.41) is 8.82. The van der Waals surface area contributed by atoms with Crippen molar-refractivity contribution in [2.75, 3.05) is 11.9 Å². The topological polar surface area (TPSA) is 90.5 Å². The van der Waals surface area contributed by atoms with E-state index >= 15 is 0 Å². The number of hydrogen-bond donors (Lipinski definition) is 3. The largest absolute Gasteiger partial charge is 0.350 e. The Morgan fingerprint density at radius 2 is 1.52 bits per heavy atom. The summed E-state index contributed by atoms with van der Waals surface area (Å²) in [6, 6.07) is 26.0. The van der Waals surface area contributed by atoms with E-state index in [2.05, 4.69) is 35.0 Å². The van der Waals surface area contributed by atoms with Crippen molar-refractivity contribution in [3.8, 4) is 0 Å². The first-order chi connectivity index (χ1) is 19.1. The molecule has 0 spiro atoms. The van der Waals surface area contributed by atoms with Crippen LogP contribution in [0.5, 0.6) is 0 Å². The zero-order chi connectivity index (χ0) is 28.7. The van der Waals surface area contributed by atoms with Gasteiger partial charge in [0.05, 0.1) is 6.04 Å². The Morgan fingerprint density at radius 3 is 2.15 bits per heavy atom. The van der Waals surface area contributed by atoms with Gasteiger partial charge in [0, 0.05) is 11.2 Å². The predicted octanol–water partition coefficient (Wildman–Crippen LogP) is 5.80. The number of hydrogen-bond acceptors (Lipinski definition) is 3. The van der Waals surface area contributed by atoms with Crippen molar-refractivity contribution < 1.29 is 14.4 Å². The molecule has 0 aromatic heterocycles. The summed E-state index contributed by atoms with van der Waals surface area (Å²) in [4.78, 5) is 42.2. The predicted molar refractivity (Wildman–Crippen MR) is 159 cm³/mol. The Bertz CT molecular complexity index is 1300. The van der Waals surface area contributed by atoms with E-state index in [1.165, 1.54) is 0 Å². The van der Waals surface area contributed by atoms with Crippen LogP contribution in [0.3, 0.4) is 0 Å². The zero-order valence-corrected chi connectivity index (χ0v) is 23.8. The van der Waals surface area contributed by atoms with Crippen LogP contribution in [0, 0.1) is 0 Å². The van der Waals surface area contributed by atoms with Gasteiger partial charge in [0.25, 0.3) is 0 Å². The van der Waals surface area contributed by atoms with E-state index < -0.39 is 17.6 Å². The van der Waals surface area contributed by atoms with Crippen LogP contribution in [0.2, 0.25) is 0 Å². The van der Waals surface area contributed by atoms with E-state index in [-0.39, 0.29) is 30.3 Å². The first kappa shape index (κ1) is 28.9. The highest BCUT2D eigenvalue weighted by Gasteiger charge is 2.40. The third kappa shape index (κ3) is 7.72. The summed E-state index contributed by atoms with van der Waals surface area (Å²) in [6.07, 6.45) is 1.90. The molecule has 0 saturated carbocycles. The number of anilines is 1. The lowest BCUT2D eigenvalue weighted by atomic mass is 9.86. The smallest absolute Gasteiger partial charge is 0.319 e. The fourth-order valence-corrected chi connectivity index (χ4v) is 5.34. The standard InChI is InChI=1S/C33H40N4O3/c1-5-23-13-12-18-27(19-23)34-32(40)35-28-20-26(24-14-8-6-9-15-24)21-29(25-16-10-7-11-17-25)37(31(28)39)22-30(38)36-33(2,3)4/h6-19,26,28-29H,5,20-22H2,1-4H3,(H,36,38)(H2,34,35,40). The van der Waals surface area contributed by atoms with Crippen molar-refractivity contribution in [3.05, 3.63) is 102 Å². The van der Waals surface area contributed by atoms with E-state index in [0.717, 1.165) is 23.1 Å². The van der Waals surface area contributed by atoms with Gasteiger partial charge >= 0.3 is 6.03 Å². The molecule has 1 aliphatic rings. The van der Waals surface area contributed by atoms with Crippen molar-refractivity contribution in [2.45, 2.75) is 70.5 Å². The Morgan fingerprint density at radius 1 is 0.875 bits per heavy atom. The van der Waals surface area contributed by atoms with E-state index in [9.17, 15) is 14.4 Å². The molecular formula is C33H40N4O3. The van der Waals surface area contributed by atoms with Gasteiger partial charge in [-0.2, -0.15) is 0 Å². The van der Waals surface area contributed by atoms with Gasteiger partial charge in [-0.05, 0) is 74.8 Å². The Kier molecular flexibility index (Phi) is 9.25. The van der Waals surface area contributed by atoms with Crippen LogP contribution in [0.25, 0.3) is 0 Å². The summed E-state index contributed by atoms with van der Waals surface area (Å²) in [7, 11) is 0. The average Bonchev–Trinajstić information content (AvgIpc) is 3.05. The second-order valence-corrected chi connectivity index (χ2v) is 11.5. The molecule has 0 radical (unpaired) electrons. The fraction of sp³-hybridized carbons (Fsp3) is 0.364. The maximum Gasteiger partial charge on any atom is 0.319 e. The van der Waals surface area contributed by atoms with E-state index in [1.807, 2.05) is 93.6 Å². The molecule has 210 valence electrons. The van der Waals surface area contributed by atoms with Crippen LogP contribution >= 0.6 is 0 Å². The monoisotopic (exact) mass is 540 g/mol. The van der Waals surface area contributed by atoms with Crippen LogP contribution in [0.1, 0.15) is 69.2 Å². The number of aryl methyl sites for hydroxylation is 1. The molecule has 1 heterocycles. The second-order valence-electron chi connectivity index (χ2n) is 11.5. The van der Waals surface area contributed by atoms with Crippen molar-refractivity contribution in [1.82, 2.24) is 15.5 Å². The van der Waals surface area contributed by atoms with E-state index in [0.29, 0.717) is 18.5 Å². The number of rotatable bonds is 7. The van der Waals surface area contributed by atoms with Crippen molar-refractivity contribution in [3.63, 3.8) is 0 Å². The highest BCUT2D eigenvalue weighted by atomic mass is 16.2. The van der Waals surface area contributed by atoms with Crippen molar-refractivity contribution >= 4 is 23.5 Å². The summed E-state index contributed by atoms with van der Waals surface area (Å²) in [6.45, 7) is 7.70. The normalized spacial score (nSPS) is 19.4. The van der Waals surface area contributed by atoms with Gasteiger partial charge < -0.3 is 20.9 Å². The Hall–Kier alpha value is -4.13. The number of likely N-dealkylation sites (tertiary alicyclic amines) is 1. The molecule has 7 nitrogen and oxygen atoms in total. The summed E-state index contributed by atoms with van der Waals surface area (Å²) in [5.41, 5.74) is 3.39. The third-order valence-electron chi connectivity index (χ3n) is 7.17. The fourth-order valence-electron chi connectivity index (χ4n) is 5.34. The minimum Gasteiger partial charge on any atom is -0.350 e. The minimum atomic E-state index is -0.810. The highest BCUT2D eigenvalue weighted by Crippen LogP contribution is 2.39. The molecule has 4 amide bonds. The molecule has 7 heteroatoms. The zero-order valence-electron chi connectivity index (χ0n) is 23.8. The summed E-state index contributed by atoms with van der Waals surface area (Å²) >= 11 is 0. The van der Waals surface area contributed by atoms with Crippen molar-refractivity contribution in [1.29, 1.82) is 0 Å². The third-order valence-corrected chi connectivity index (χ3v) is 7.17. The van der Waals surface area contributed by atoms with Gasteiger partial charge in [-0.25, -0.2) is 4.79 Å². The lowest BCUT2D eigenvalue weighted by Crippen LogP contribution is -2.53. The van der Waals surface area contributed by atoms with Gasteiger partial charge in [-0.3, -0.25) is 9.59 Å². The molecule has 3 atom stereocenters. The number of nitrogens with zero attached hydrogens (tertiary/aromatic N) is 1. The number of amides is 4. The lowest BCUT2D eigenvalue weighted by molar-refractivity contribution is -0.139. The molecule has 1 fully saturated rings. The van der Waals surface area contributed by atoms with Crippen LogP contribution in [-0.2, 0) is 16.0 Å². The summed E-state index contributed by atoms with van der Waals surface area (Å²) < 4.78 is 0. The number of nitrogens with one attached hydrogen (secondary N) is 3. The van der Waals surface area contributed by atoms with Crippen LogP contribution in [0.4, 0.5) is 10.5 Å². The molecule has 40 heavy (non-hydrogen) atoms. The molecule has 3 N–H and O–H groups in total. The van der Waals surface area contributed by atoms with Gasteiger partial charge in [0.15, 0.2) is 0 Å². The highest BCUT2D eigenvalue weighted by molar-refractivity contribution is 5.95. The maximum absolute atomic E-state index is 14.2. The van der Waals surface area contributed by atoms with Gasteiger partial charge in [0.2, 0.25) is 11.8 Å². The molecule has 1 saturated heterocycles. The van der Waals surface area contributed by atoms with E-state index in [4.69, 9.17) is 0 Å². The van der Waals surface area contributed by atoms with Crippen LogP contribution in [0.15, 0.2) is 84.9 Å². The second kappa shape index (κ2) is 12.8. The average molecular weight is 541 g/mol. The van der Waals surface area contributed by atoms with Gasteiger partial charge in [-0.1, -0.05) is 79.7 Å². The number of carbonyl (C=O) groups is 3. The quantitative estimate of drug-likeness (QED) is 0.354. The first-order valence-electron chi connectivity index (χ1n) is 14.0. The van der Waals surface area contributed by atoms with Crippen molar-refractivity contribution in [2.24, 2.45) is 0 Å². The van der Waals surface area contributed by atoms with E-state index in [1.54, 1.807) is 4.90 Å². The maximum atomic E-state index is 14.2. The minimum absolute atomic E-state index is 0.0141. The molecule has 1 aliphatic heterocycles. The number of carbonyl (C=O) groups excluding carboxylic acids is 3. The molecule has 3 aromatic carbocycles. The Balaban J connectivity index is 1.67. The Labute approximate surface area is 237 Å². The molecule has 4 rings (SSSR count). The number of benzene rings is 3. The first-order valence-corrected chi connectivity index (χ1v) is 14.0. The van der Waals surface area contributed by atoms with Gasteiger partial charge in [-0.15, -0.1) is 0 Å².